The Hall–Kier alpha value is -2.18. The van der Waals surface area contributed by atoms with Crippen LogP contribution in [-0.4, -0.2) is 32.7 Å². The Morgan fingerprint density at radius 1 is 1.45 bits per heavy atom. The summed E-state index contributed by atoms with van der Waals surface area (Å²) < 4.78 is 0. The molecule has 0 saturated carbocycles. The van der Waals surface area contributed by atoms with Crippen molar-refractivity contribution >= 4 is 23.1 Å². The van der Waals surface area contributed by atoms with Gasteiger partial charge in [0.1, 0.15) is 0 Å². The molecule has 2 atom stereocenters. The second kappa shape index (κ2) is 5.07. The molecule has 0 radical (unpaired) electrons. The molecule has 0 bridgehead atoms. The number of carboxylic acids is 1. The van der Waals surface area contributed by atoms with Gasteiger partial charge in [-0.2, -0.15) is 0 Å². The molecule has 0 aliphatic heterocycles. The molecule has 0 spiro atoms. The van der Waals surface area contributed by atoms with Crippen LogP contribution in [0, 0.1) is 10.1 Å². The number of aliphatic hydroxyl groups excluding tert-OH is 1. The summed E-state index contributed by atoms with van der Waals surface area (Å²) in [5.41, 5.74) is -2.03. The lowest BCUT2D eigenvalue weighted by molar-refractivity contribution is -0.549. The van der Waals surface area contributed by atoms with Gasteiger partial charge in [-0.15, -0.1) is 0 Å². The van der Waals surface area contributed by atoms with Crippen LogP contribution >= 0.6 is 11.6 Å². The quantitative estimate of drug-likeness (QED) is 0.653. The fourth-order valence-electron chi connectivity index (χ4n) is 2.07. The number of aliphatic carboxylic acids is 1. The van der Waals surface area contributed by atoms with Crippen molar-refractivity contribution in [1.82, 2.24) is 0 Å². The highest BCUT2D eigenvalue weighted by Gasteiger charge is 2.58. The number of halogens is 1. The Morgan fingerprint density at radius 3 is 2.70 bits per heavy atom. The number of aliphatic hydroxyl groups is 1. The van der Waals surface area contributed by atoms with Gasteiger partial charge in [0.15, 0.2) is 6.10 Å². The zero-order valence-corrected chi connectivity index (χ0v) is 10.8. The summed E-state index contributed by atoms with van der Waals surface area (Å²) in [7, 11) is 0. The Kier molecular flexibility index (Phi) is 3.61. The molecule has 7 heteroatoms. The van der Waals surface area contributed by atoms with Crippen LogP contribution in [0.1, 0.15) is 5.56 Å². The normalized spacial score (nSPS) is 25.1. The van der Waals surface area contributed by atoms with Crippen LogP contribution in [0.5, 0.6) is 0 Å². The van der Waals surface area contributed by atoms with Gasteiger partial charge in [0.05, 0.1) is 0 Å². The van der Waals surface area contributed by atoms with E-state index in [1.807, 2.05) is 0 Å². The topological polar surface area (TPSA) is 101 Å². The number of nitro groups is 1. The van der Waals surface area contributed by atoms with Gasteiger partial charge in [0.2, 0.25) is 0 Å². The Balaban J connectivity index is 2.53. The maximum atomic E-state index is 11.3. The lowest BCUT2D eigenvalue weighted by Crippen LogP contribution is -2.55. The molecule has 6 nitrogen and oxygen atoms in total. The van der Waals surface area contributed by atoms with E-state index < -0.39 is 22.5 Å². The fourth-order valence-corrected chi connectivity index (χ4v) is 2.26. The van der Waals surface area contributed by atoms with Gasteiger partial charge < -0.3 is 10.2 Å². The Morgan fingerprint density at radius 2 is 2.15 bits per heavy atom. The first-order chi connectivity index (χ1) is 9.39. The largest absolute Gasteiger partial charge is 0.476 e. The van der Waals surface area contributed by atoms with E-state index >= 15 is 0 Å². The van der Waals surface area contributed by atoms with Crippen LogP contribution in [0.2, 0.25) is 5.02 Å². The third kappa shape index (κ3) is 2.09. The van der Waals surface area contributed by atoms with Crippen molar-refractivity contribution in [3.63, 3.8) is 0 Å². The lowest BCUT2D eigenvalue weighted by Gasteiger charge is -2.27. The molecule has 104 valence electrons. The van der Waals surface area contributed by atoms with Gasteiger partial charge >= 0.3 is 11.5 Å². The van der Waals surface area contributed by atoms with Crippen LogP contribution in [0.4, 0.5) is 0 Å². The highest BCUT2D eigenvalue weighted by molar-refractivity contribution is 6.30. The molecule has 1 aromatic carbocycles. The summed E-state index contributed by atoms with van der Waals surface area (Å²) in [4.78, 5) is 21.4. The monoisotopic (exact) mass is 295 g/mol. The zero-order valence-electron chi connectivity index (χ0n) is 10.1. The van der Waals surface area contributed by atoms with Gasteiger partial charge in [-0.25, -0.2) is 4.79 Å². The van der Waals surface area contributed by atoms with Crippen molar-refractivity contribution in [2.24, 2.45) is 0 Å². The summed E-state index contributed by atoms with van der Waals surface area (Å²) in [6, 6.07) is 6.31. The lowest BCUT2D eigenvalue weighted by atomic mass is 9.81. The zero-order chi connectivity index (χ0) is 14.9. The van der Waals surface area contributed by atoms with Gasteiger partial charge in [-0.1, -0.05) is 35.9 Å². The molecular formula is C13H10ClNO5. The standard InChI is InChI=1S/C13H10ClNO5/c14-9-4-1-3-8(7-9)10-5-2-6-13(11(10)16,12(17)18)15(19)20/h1-7,11,16H,(H,17,18). The highest BCUT2D eigenvalue weighted by atomic mass is 35.5. The predicted octanol–water partition coefficient (Wildman–Crippen LogP) is 1.75. The molecule has 2 rings (SSSR count). The number of allylic oxidation sites excluding steroid dienone is 2. The first-order valence-corrected chi connectivity index (χ1v) is 5.98. The highest BCUT2D eigenvalue weighted by Crippen LogP contribution is 2.33. The summed E-state index contributed by atoms with van der Waals surface area (Å²) in [5, 5.41) is 30.8. The van der Waals surface area contributed by atoms with Gasteiger partial charge in [-0.05, 0) is 23.3 Å². The molecular weight excluding hydrogens is 286 g/mol. The van der Waals surface area contributed by atoms with E-state index in [1.54, 1.807) is 18.2 Å². The summed E-state index contributed by atoms with van der Waals surface area (Å²) in [5.74, 6) is -1.72. The van der Waals surface area contributed by atoms with Gasteiger partial charge in [-0.3, -0.25) is 10.1 Å². The molecule has 0 amide bonds. The van der Waals surface area contributed by atoms with Crippen molar-refractivity contribution in [2.45, 2.75) is 11.6 Å². The van der Waals surface area contributed by atoms with Crippen LogP contribution < -0.4 is 0 Å². The van der Waals surface area contributed by atoms with E-state index in [2.05, 4.69) is 0 Å². The molecule has 0 heterocycles. The van der Waals surface area contributed by atoms with Gasteiger partial charge in [0, 0.05) is 16.0 Å². The number of rotatable bonds is 3. The minimum Gasteiger partial charge on any atom is -0.476 e. The average molecular weight is 296 g/mol. The molecule has 0 aromatic heterocycles. The molecule has 2 unspecified atom stereocenters. The Labute approximate surface area is 118 Å². The smallest absolute Gasteiger partial charge is 0.390 e. The number of carbonyl (C=O) groups is 1. The minimum absolute atomic E-state index is 0.133. The van der Waals surface area contributed by atoms with Crippen molar-refractivity contribution in [2.75, 3.05) is 0 Å². The first kappa shape index (κ1) is 14.2. The number of hydrogen-bond acceptors (Lipinski definition) is 4. The van der Waals surface area contributed by atoms with Gasteiger partial charge in [0.25, 0.3) is 0 Å². The van der Waals surface area contributed by atoms with Crippen LogP contribution in [-0.2, 0) is 4.79 Å². The summed E-state index contributed by atoms with van der Waals surface area (Å²) >= 11 is 5.83. The third-order valence-corrected chi connectivity index (χ3v) is 3.38. The SMILES string of the molecule is O=C(O)C1([N+](=O)[O-])C=CC=C(c2cccc(Cl)c2)C1O. The summed E-state index contributed by atoms with van der Waals surface area (Å²) in [6.07, 6.45) is 1.74. The summed E-state index contributed by atoms with van der Waals surface area (Å²) in [6.45, 7) is 0. The molecule has 1 aliphatic carbocycles. The predicted molar refractivity (Wildman–Crippen MR) is 71.9 cm³/mol. The molecule has 1 aliphatic rings. The molecule has 0 saturated heterocycles. The number of hydrogen-bond donors (Lipinski definition) is 2. The van der Waals surface area contributed by atoms with Crippen LogP contribution in [0.15, 0.2) is 42.5 Å². The maximum absolute atomic E-state index is 11.3. The molecule has 1 aromatic rings. The third-order valence-electron chi connectivity index (χ3n) is 3.14. The van der Waals surface area contributed by atoms with Crippen LogP contribution in [0.25, 0.3) is 5.57 Å². The van der Waals surface area contributed by atoms with E-state index in [9.17, 15) is 20.0 Å². The number of benzene rings is 1. The molecule has 2 N–H and O–H groups in total. The second-order valence-corrected chi connectivity index (χ2v) is 4.72. The van der Waals surface area contributed by atoms with Crippen molar-refractivity contribution in [1.29, 1.82) is 0 Å². The Bertz CT molecular complexity index is 623. The van der Waals surface area contributed by atoms with E-state index in [1.165, 1.54) is 18.2 Å². The van der Waals surface area contributed by atoms with E-state index in [0.717, 1.165) is 6.08 Å². The van der Waals surface area contributed by atoms with Crippen LogP contribution in [0.3, 0.4) is 0 Å². The second-order valence-electron chi connectivity index (χ2n) is 4.28. The minimum atomic E-state index is -2.59. The average Bonchev–Trinajstić information content (AvgIpc) is 2.38. The van der Waals surface area contributed by atoms with Crippen molar-refractivity contribution < 1.29 is 19.9 Å². The van der Waals surface area contributed by atoms with E-state index in [0.29, 0.717) is 10.6 Å². The van der Waals surface area contributed by atoms with Crippen molar-refractivity contribution in [3.05, 3.63) is 63.2 Å². The maximum Gasteiger partial charge on any atom is 0.390 e. The van der Waals surface area contributed by atoms with Crippen molar-refractivity contribution in [3.8, 4) is 0 Å². The number of carboxylic acid groups (broad SMARTS) is 1. The number of nitrogens with zero attached hydrogens (tertiary/aromatic N) is 1. The first-order valence-electron chi connectivity index (χ1n) is 5.61. The van der Waals surface area contributed by atoms with E-state index in [-0.39, 0.29) is 5.57 Å². The fraction of sp³-hybridized carbons (Fsp3) is 0.154. The molecule has 20 heavy (non-hydrogen) atoms. The molecule has 0 fully saturated rings. The van der Waals surface area contributed by atoms with E-state index in [4.69, 9.17) is 16.7 Å².